The van der Waals surface area contributed by atoms with Gasteiger partial charge in [-0.05, 0) is 32.2 Å². The van der Waals surface area contributed by atoms with E-state index in [0.29, 0.717) is 0 Å². The van der Waals surface area contributed by atoms with E-state index in [9.17, 15) is 0 Å². The van der Waals surface area contributed by atoms with Gasteiger partial charge in [-0.25, -0.2) is 0 Å². The van der Waals surface area contributed by atoms with Crippen molar-refractivity contribution in [3.63, 3.8) is 0 Å². The van der Waals surface area contributed by atoms with Gasteiger partial charge in [-0.2, -0.15) is 0 Å². The van der Waals surface area contributed by atoms with Gasteiger partial charge in [0.1, 0.15) is 0 Å². The Balaban J connectivity index is 0.000000605. The second-order valence-electron chi connectivity index (χ2n) is 3.67. The zero-order valence-corrected chi connectivity index (χ0v) is 9.01. The van der Waals surface area contributed by atoms with Crippen LogP contribution in [0.2, 0.25) is 0 Å². The van der Waals surface area contributed by atoms with E-state index in [-0.39, 0.29) is 24.8 Å². The number of piperidine rings is 1. The molecule has 2 rings (SSSR count). The monoisotopic (exact) mass is 212 g/mol. The average Bonchev–Trinajstić information content (AvgIpc) is 2.33. The number of nitrogens with one attached hydrogen (secondary N) is 2. The minimum atomic E-state index is 0. The molecule has 0 bridgehead atoms. The van der Waals surface area contributed by atoms with Crippen LogP contribution >= 0.6 is 24.8 Å². The van der Waals surface area contributed by atoms with Crippen molar-refractivity contribution in [1.29, 1.82) is 0 Å². The van der Waals surface area contributed by atoms with E-state index in [1.807, 2.05) is 0 Å². The predicted octanol–water partition coefficient (Wildman–Crippen LogP) is 1.19. The van der Waals surface area contributed by atoms with Gasteiger partial charge in [0, 0.05) is 18.6 Å². The summed E-state index contributed by atoms with van der Waals surface area (Å²) in [5, 5.41) is 7.04. The van der Waals surface area contributed by atoms with Gasteiger partial charge in [0.2, 0.25) is 0 Å². The van der Waals surface area contributed by atoms with Crippen LogP contribution in [0, 0.1) is 5.92 Å². The van der Waals surface area contributed by atoms with Crippen LogP contribution in [0.3, 0.4) is 0 Å². The summed E-state index contributed by atoms with van der Waals surface area (Å²) in [6.45, 7) is 4.72. The molecule has 2 heterocycles. The first-order valence-corrected chi connectivity index (χ1v) is 4.33. The SMILES string of the molecule is CC1CCC2CNCC2N1.Cl.Cl. The fourth-order valence-electron chi connectivity index (χ4n) is 2.14. The first kappa shape index (κ1) is 12.5. The van der Waals surface area contributed by atoms with E-state index in [4.69, 9.17) is 0 Å². The lowest BCUT2D eigenvalue weighted by Crippen LogP contribution is -2.45. The summed E-state index contributed by atoms with van der Waals surface area (Å²) in [5.41, 5.74) is 0. The van der Waals surface area contributed by atoms with Crippen LogP contribution < -0.4 is 10.6 Å². The largest absolute Gasteiger partial charge is 0.315 e. The van der Waals surface area contributed by atoms with E-state index in [1.54, 1.807) is 0 Å². The van der Waals surface area contributed by atoms with Gasteiger partial charge < -0.3 is 10.6 Å². The van der Waals surface area contributed by atoms with Gasteiger partial charge in [-0.3, -0.25) is 0 Å². The number of halogens is 2. The van der Waals surface area contributed by atoms with E-state index in [1.165, 1.54) is 25.9 Å². The molecule has 2 saturated heterocycles. The van der Waals surface area contributed by atoms with Gasteiger partial charge in [0.25, 0.3) is 0 Å². The Morgan fingerprint density at radius 2 is 1.83 bits per heavy atom. The summed E-state index contributed by atoms with van der Waals surface area (Å²) >= 11 is 0. The van der Waals surface area contributed by atoms with Crippen LogP contribution in [-0.4, -0.2) is 25.2 Å². The fourth-order valence-corrected chi connectivity index (χ4v) is 2.14. The number of rotatable bonds is 0. The number of hydrogen-bond acceptors (Lipinski definition) is 2. The van der Waals surface area contributed by atoms with Crippen molar-refractivity contribution in [2.45, 2.75) is 31.8 Å². The Labute approximate surface area is 86.7 Å². The van der Waals surface area contributed by atoms with E-state index >= 15 is 0 Å². The van der Waals surface area contributed by atoms with Crippen molar-refractivity contribution in [3.8, 4) is 0 Å². The summed E-state index contributed by atoms with van der Waals surface area (Å²) < 4.78 is 0. The third-order valence-corrected chi connectivity index (χ3v) is 2.81. The van der Waals surface area contributed by atoms with Crippen molar-refractivity contribution in [2.24, 2.45) is 5.92 Å². The molecule has 74 valence electrons. The van der Waals surface area contributed by atoms with Crippen LogP contribution in [-0.2, 0) is 0 Å². The van der Waals surface area contributed by atoms with Crippen molar-refractivity contribution >= 4 is 24.8 Å². The van der Waals surface area contributed by atoms with Crippen molar-refractivity contribution in [1.82, 2.24) is 10.6 Å². The van der Waals surface area contributed by atoms with Crippen LogP contribution in [0.4, 0.5) is 0 Å². The molecule has 0 aromatic rings. The molecule has 0 spiro atoms. The lowest BCUT2D eigenvalue weighted by Gasteiger charge is -2.30. The molecular weight excluding hydrogens is 195 g/mol. The van der Waals surface area contributed by atoms with Crippen LogP contribution in [0.25, 0.3) is 0 Å². The lowest BCUT2D eigenvalue weighted by molar-refractivity contribution is 0.286. The lowest BCUT2D eigenvalue weighted by atomic mass is 9.91. The zero-order chi connectivity index (χ0) is 6.97. The fraction of sp³-hybridized carbons (Fsp3) is 1.00. The van der Waals surface area contributed by atoms with E-state index < -0.39 is 0 Å². The first-order chi connectivity index (χ1) is 4.86. The Bertz CT molecular complexity index is 132. The molecule has 3 unspecified atom stereocenters. The molecular formula is C8H18Cl2N2. The summed E-state index contributed by atoms with van der Waals surface area (Å²) in [6.07, 6.45) is 2.79. The topological polar surface area (TPSA) is 24.1 Å². The molecule has 0 saturated carbocycles. The number of fused-ring (bicyclic) bond motifs is 1. The highest BCUT2D eigenvalue weighted by molar-refractivity contribution is 5.85. The highest BCUT2D eigenvalue weighted by atomic mass is 35.5. The Morgan fingerprint density at radius 3 is 2.58 bits per heavy atom. The second kappa shape index (κ2) is 5.28. The highest BCUT2D eigenvalue weighted by Crippen LogP contribution is 2.21. The maximum absolute atomic E-state index is 3.62. The van der Waals surface area contributed by atoms with Gasteiger partial charge >= 0.3 is 0 Å². The predicted molar refractivity (Wildman–Crippen MR) is 56.5 cm³/mol. The maximum atomic E-state index is 3.62. The van der Waals surface area contributed by atoms with Gasteiger partial charge in [0.05, 0.1) is 0 Å². The summed E-state index contributed by atoms with van der Waals surface area (Å²) in [7, 11) is 0. The minimum absolute atomic E-state index is 0. The minimum Gasteiger partial charge on any atom is -0.315 e. The van der Waals surface area contributed by atoms with Gasteiger partial charge in [0.15, 0.2) is 0 Å². The maximum Gasteiger partial charge on any atom is 0.0235 e. The number of hydrogen-bond donors (Lipinski definition) is 2. The smallest absolute Gasteiger partial charge is 0.0235 e. The summed E-state index contributed by atoms with van der Waals surface area (Å²) in [5.74, 6) is 0.927. The molecule has 12 heavy (non-hydrogen) atoms. The molecule has 0 radical (unpaired) electrons. The normalized spacial score (nSPS) is 39.2. The van der Waals surface area contributed by atoms with E-state index in [0.717, 1.165) is 18.0 Å². The summed E-state index contributed by atoms with van der Waals surface area (Å²) in [6, 6.07) is 1.53. The van der Waals surface area contributed by atoms with Gasteiger partial charge in [-0.15, -0.1) is 24.8 Å². The molecule has 0 aromatic heterocycles. The zero-order valence-electron chi connectivity index (χ0n) is 7.38. The molecule has 2 nitrogen and oxygen atoms in total. The van der Waals surface area contributed by atoms with Crippen molar-refractivity contribution < 1.29 is 0 Å². The molecule has 0 amide bonds. The first-order valence-electron chi connectivity index (χ1n) is 4.33. The quantitative estimate of drug-likeness (QED) is 0.631. The van der Waals surface area contributed by atoms with Crippen LogP contribution in [0.15, 0.2) is 0 Å². The van der Waals surface area contributed by atoms with Gasteiger partial charge in [-0.1, -0.05) is 0 Å². The Morgan fingerprint density at radius 1 is 1.08 bits per heavy atom. The summed E-state index contributed by atoms with van der Waals surface area (Å²) in [4.78, 5) is 0. The molecule has 2 N–H and O–H groups in total. The highest BCUT2D eigenvalue weighted by Gasteiger charge is 2.31. The van der Waals surface area contributed by atoms with Crippen molar-refractivity contribution in [2.75, 3.05) is 13.1 Å². The third-order valence-electron chi connectivity index (χ3n) is 2.81. The van der Waals surface area contributed by atoms with Crippen LogP contribution in [0.5, 0.6) is 0 Å². The standard InChI is InChI=1S/C8H16N2.2ClH/c1-6-2-3-7-4-9-5-8(7)10-6;;/h6-10H,2-5H2,1H3;2*1H. The molecule has 0 aromatic carbocycles. The molecule has 4 heteroatoms. The Kier molecular flexibility index (Phi) is 5.50. The molecule has 2 aliphatic rings. The van der Waals surface area contributed by atoms with Crippen molar-refractivity contribution in [3.05, 3.63) is 0 Å². The average molecular weight is 213 g/mol. The van der Waals surface area contributed by atoms with E-state index in [2.05, 4.69) is 17.6 Å². The molecule has 2 fully saturated rings. The van der Waals surface area contributed by atoms with Crippen LogP contribution in [0.1, 0.15) is 19.8 Å². The Hall–Kier alpha value is 0.500. The molecule has 2 aliphatic heterocycles. The third kappa shape index (κ3) is 2.49. The molecule has 3 atom stereocenters. The molecule has 0 aliphatic carbocycles. The second-order valence-corrected chi connectivity index (χ2v) is 3.67.